The van der Waals surface area contributed by atoms with E-state index in [0.29, 0.717) is 17.5 Å². The van der Waals surface area contributed by atoms with Gasteiger partial charge in [0.05, 0.1) is 11.0 Å². The van der Waals surface area contributed by atoms with Gasteiger partial charge >= 0.3 is 0 Å². The molecule has 0 atom stereocenters. The first kappa shape index (κ1) is 24.9. The monoisotopic (exact) mass is 580 g/mol. The Morgan fingerprint density at radius 2 is 1.00 bits per heavy atom. The van der Waals surface area contributed by atoms with E-state index in [2.05, 4.69) is 132 Å². The summed E-state index contributed by atoms with van der Waals surface area (Å²) in [6.45, 7) is 0. The first-order chi connectivity index (χ1) is 21.8. The van der Waals surface area contributed by atoms with Gasteiger partial charge in [-0.05, 0) is 36.4 Å². The number of benzene rings is 6. The molecule has 9 rings (SSSR count). The molecule has 0 saturated heterocycles. The van der Waals surface area contributed by atoms with E-state index in [9.17, 15) is 0 Å². The molecule has 0 aliphatic rings. The second kappa shape index (κ2) is 9.97. The summed E-state index contributed by atoms with van der Waals surface area (Å²) in [7, 11) is 0. The molecule has 44 heavy (non-hydrogen) atoms. The fourth-order valence-electron chi connectivity index (χ4n) is 6.25. The molecule has 0 unspecified atom stereocenters. The molecular formula is C39H24N4S. The van der Waals surface area contributed by atoms with Crippen LogP contribution in [-0.2, 0) is 0 Å². The van der Waals surface area contributed by atoms with Crippen LogP contribution in [0.4, 0.5) is 0 Å². The van der Waals surface area contributed by atoms with Crippen molar-refractivity contribution < 1.29 is 0 Å². The van der Waals surface area contributed by atoms with Gasteiger partial charge in [-0.3, -0.25) is 0 Å². The SMILES string of the molecule is c1ccc(-c2nc(-c3cccc(-n4c5ccccc5c5ccccc54)c3)nc(-c3cccc4c3sc3ccccc34)n2)cc1. The molecule has 0 radical (unpaired) electrons. The standard InChI is InChI=1S/C39H24N4S/c1-2-12-25(13-3-1)37-40-38(42-39(41-37)32-20-11-19-31-30-18-6-9-23-35(30)44-36(31)32)26-14-10-15-27(24-26)43-33-21-7-4-16-28(33)29-17-5-8-22-34(29)43/h1-24H. The molecule has 0 amide bonds. The van der Waals surface area contributed by atoms with Crippen LogP contribution in [0, 0.1) is 0 Å². The molecule has 0 fully saturated rings. The molecule has 0 spiro atoms. The lowest BCUT2D eigenvalue weighted by atomic mass is 10.1. The minimum Gasteiger partial charge on any atom is -0.309 e. The van der Waals surface area contributed by atoms with Crippen molar-refractivity contribution in [2.24, 2.45) is 0 Å². The maximum atomic E-state index is 5.14. The van der Waals surface area contributed by atoms with Crippen molar-refractivity contribution in [1.82, 2.24) is 19.5 Å². The summed E-state index contributed by atoms with van der Waals surface area (Å²) in [6, 6.07) is 50.8. The molecule has 3 heterocycles. The molecule has 0 N–H and O–H groups in total. The van der Waals surface area contributed by atoms with E-state index in [1.807, 2.05) is 18.2 Å². The fraction of sp³-hybridized carbons (Fsp3) is 0. The number of aromatic nitrogens is 4. The third kappa shape index (κ3) is 3.94. The van der Waals surface area contributed by atoms with Crippen LogP contribution >= 0.6 is 11.3 Å². The van der Waals surface area contributed by atoms with Gasteiger partial charge in [-0.15, -0.1) is 11.3 Å². The number of hydrogen-bond acceptors (Lipinski definition) is 4. The molecule has 0 aliphatic heterocycles. The van der Waals surface area contributed by atoms with Crippen LogP contribution < -0.4 is 0 Å². The topological polar surface area (TPSA) is 43.6 Å². The van der Waals surface area contributed by atoms with Crippen molar-refractivity contribution >= 4 is 53.3 Å². The Kier molecular flexibility index (Phi) is 5.64. The van der Waals surface area contributed by atoms with Gasteiger partial charge in [0.1, 0.15) is 0 Å². The van der Waals surface area contributed by atoms with E-state index in [1.165, 1.54) is 42.0 Å². The third-order valence-corrected chi connectivity index (χ3v) is 9.48. The van der Waals surface area contributed by atoms with Crippen molar-refractivity contribution in [3.63, 3.8) is 0 Å². The van der Waals surface area contributed by atoms with Crippen molar-refractivity contribution in [3.05, 3.63) is 146 Å². The largest absolute Gasteiger partial charge is 0.309 e. The highest BCUT2D eigenvalue weighted by Gasteiger charge is 2.17. The molecule has 0 aliphatic carbocycles. The van der Waals surface area contributed by atoms with Gasteiger partial charge in [0.15, 0.2) is 17.5 Å². The van der Waals surface area contributed by atoms with Gasteiger partial charge in [-0.2, -0.15) is 0 Å². The zero-order chi connectivity index (χ0) is 29.0. The molecule has 0 bridgehead atoms. The summed E-state index contributed by atoms with van der Waals surface area (Å²) in [6.07, 6.45) is 0. The Morgan fingerprint density at radius 3 is 1.77 bits per heavy atom. The highest BCUT2D eigenvalue weighted by atomic mass is 32.1. The highest BCUT2D eigenvalue weighted by molar-refractivity contribution is 7.26. The fourth-order valence-corrected chi connectivity index (χ4v) is 7.46. The third-order valence-electron chi connectivity index (χ3n) is 8.26. The Hall–Kier alpha value is -5.65. The first-order valence-electron chi connectivity index (χ1n) is 14.6. The predicted octanol–water partition coefficient (Wildman–Crippen LogP) is 10.3. The summed E-state index contributed by atoms with van der Waals surface area (Å²) in [4.78, 5) is 15.2. The minimum atomic E-state index is 0.648. The average Bonchev–Trinajstić information content (AvgIpc) is 3.65. The first-order valence-corrected chi connectivity index (χ1v) is 15.4. The van der Waals surface area contributed by atoms with Crippen molar-refractivity contribution in [3.8, 4) is 39.9 Å². The second-order valence-corrected chi connectivity index (χ2v) is 11.9. The number of rotatable bonds is 4. The number of para-hydroxylation sites is 2. The summed E-state index contributed by atoms with van der Waals surface area (Å²) < 4.78 is 4.77. The van der Waals surface area contributed by atoms with Crippen molar-refractivity contribution in [1.29, 1.82) is 0 Å². The average molecular weight is 581 g/mol. The van der Waals surface area contributed by atoms with Crippen LogP contribution in [0.3, 0.4) is 0 Å². The Bertz CT molecular complexity index is 2460. The molecule has 3 aromatic heterocycles. The van der Waals surface area contributed by atoms with E-state index in [1.54, 1.807) is 11.3 Å². The van der Waals surface area contributed by atoms with E-state index < -0.39 is 0 Å². The number of fused-ring (bicyclic) bond motifs is 6. The zero-order valence-electron chi connectivity index (χ0n) is 23.6. The zero-order valence-corrected chi connectivity index (χ0v) is 24.4. The van der Waals surface area contributed by atoms with E-state index in [4.69, 9.17) is 15.0 Å². The predicted molar refractivity (Wildman–Crippen MR) is 183 cm³/mol. The summed E-state index contributed by atoms with van der Waals surface area (Å²) in [5.74, 6) is 1.98. The van der Waals surface area contributed by atoms with Crippen molar-refractivity contribution in [2.75, 3.05) is 0 Å². The highest BCUT2D eigenvalue weighted by Crippen LogP contribution is 2.40. The number of thiophene rings is 1. The van der Waals surface area contributed by atoms with Gasteiger partial charge < -0.3 is 4.57 Å². The molecule has 206 valence electrons. The normalized spacial score (nSPS) is 11.6. The Balaban J connectivity index is 1.27. The lowest BCUT2D eigenvalue weighted by molar-refractivity contribution is 1.07. The van der Waals surface area contributed by atoms with Crippen LogP contribution in [0.15, 0.2) is 146 Å². The van der Waals surface area contributed by atoms with E-state index in [-0.39, 0.29) is 0 Å². The second-order valence-electron chi connectivity index (χ2n) is 10.9. The van der Waals surface area contributed by atoms with Gasteiger partial charge in [-0.1, -0.05) is 109 Å². The number of nitrogens with zero attached hydrogens (tertiary/aromatic N) is 4. The lowest BCUT2D eigenvalue weighted by Gasteiger charge is -2.12. The van der Waals surface area contributed by atoms with Gasteiger partial charge in [-0.25, -0.2) is 15.0 Å². The summed E-state index contributed by atoms with van der Waals surface area (Å²) in [5.41, 5.74) is 6.32. The van der Waals surface area contributed by atoms with Gasteiger partial charge in [0.25, 0.3) is 0 Å². The van der Waals surface area contributed by atoms with Crippen LogP contribution in [-0.4, -0.2) is 19.5 Å². The van der Waals surface area contributed by atoms with Crippen LogP contribution in [0.5, 0.6) is 0 Å². The molecule has 9 aromatic rings. The van der Waals surface area contributed by atoms with Gasteiger partial charge in [0.2, 0.25) is 0 Å². The summed E-state index contributed by atoms with van der Waals surface area (Å²) in [5, 5.41) is 4.95. The molecule has 5 heteroatoms. The molecule has 0 saturated carbocycles. The van der Waals surface area contributed by atoms with Crippen LogP contribution in [0.25, 0.3) is 81.8 Å². The lowest BCUT2D eigenvalue weighted by Crippen LogP contribution is -2.01. The summed E-state index contributed by atoms with van der Waals surface area (Å²) >= 11 is 1.79. The quantitative estimate of drug-likeness (QED) is 0.208. The smallest absolute Gasteiger partial charge is 0.165 e. The Labute approximate surface area is 257 Å². The maximum absolute atomic E-state index is 5.14. The van der Waals surface area contributed by atoms with Crippen LogP contribution in [0.1, 0.15) is 0 Å². The molecular weight excluding hydrogens is 557 g/mol. The molecule has 6 aromatic carbocycles. The Morgan fingerprint density at radius 1 is 0.432 bits per heavy atom. The van der Waals surface area contributed by atoms with Crippen LogP contribution in [0.2, 0.25) is 0 Å². The maximum Gasteiger partial charge on any atom is 0.165 e. The van der Waals surface area contributed by atoms with Crippen molar-refractivity contribution in [2.45, 2.75) is 0 Å². The number of hydrogen-bond donors (Lipinski definition) is 0. The van der Waals surface area contributed by atoms with Gasteiger partial charge in [0, 0.05) is 53.3 Å². The minimum absolute atomic E-state index is 0.648. The van der Waals surface area contributed by atoms with E-state index in [0.717, 1.165) is 22.4 Å². The molecule has 4 nitrogen and oxygen atoms in total. The van der Waals surface area contributed by atoms with E-state index >= 15 is 0 Å².